The minimum absolute atomic E-state index is 0.0538. The maximum Gasteiger partial charge on any atom is 0.333 e. The van der Waals surface area contributed by atoms with Gasteiger partial charge in [0.05, 0.1) is 33.8 Å². The zero-order valence-electron chi connectivity index (χ0n) is 18.4. The van der Waals surface area contributed by atoms with Gasteiger partial charge in [0.1, 0.15) is 0 Å². The number of nitrogens with one attached hydrogen (secondary N) is 2. The Balaban J connectivity index is 1.66. The van der Waals surface area contributed by atoms with Crippen LogP contribution in [0.15, 0.2) is 23.1 Å². The topological polar surface area (TPSA) is 143 Å². The van der Waals surface area contributed by atoms with Gasteiger partial charge in [-0.05, 0) is 98.4 Å². The average Bonchev–Trinajstić information content (AvgIpc) is 3.42. The number of benzene rings is 2. The van der Waals surface area contributed by atoms with Gasteiger partial charge in [-0.2, -0.15) is 10.5 Å². The smallest absolute Gasteiger partial charge is 0.333 e. The van der Waals surface area contributed by atoms with Gasteiger partial charge in [-0.25, -0.2) is 17.9 Å². The third-order valence-corrected chi connectivity index (χ3v) is 7.58. The van der Waals surface area contributed by atoms with E-state index in [4.69, 9.17) is 0 Å². The molecule has 0 saturated carbocycles. The summed E-state index contributed by atoms with van der Waals surface area (Å²) >= 11 is 0. The lowest BCUT2D eigenvalue weighted by Gasteiger charge is -2.20. The number of aliphatic hydroxyl groups is 1. The van der Waals surface area contributed by atoms with Crippen molar-refractivity contribution in [3.05, 3.63) is 57.1 Å². The number of sulfonamides is 1. The fourth-order valence-electron chi connectivity index (χ4n) is 4.73. The van der Waals surface area contributed by atoms with E-state index in [0.717, 1.165) is 66.8 Å². The summed E-state index contributed by atoms with van der Waals surface area (Å²) in [5.74, 6) is 0. The largest absolute Gasteiger partial charge is 0.386 e. The fraction of sp³-hybridized carbons (Fsp3) is 0.375. The number of carbonyl (C=O) groups excluding carboxylic acids is 1. The summed E-state index contributed by atoms with van der Waals surface area (Å²) in [4.78, 5) is 12.5. The molecule has 8 nitrogen and oxygen atoms in total. The van der Waals surface area contributed by atoms with Crippen molar-refractivity contribution in [1.29, 1.82) is 10.5 Å². The van der Waals surface area contributed by atoms with Crippen LogP contribution in [0.25, 0.3) is 0 Å². The van der Waals surface area contributed by atoms with E-state index in [1.165, 1.54) is 26.0 Å². The number of amides is 2. The molecule has 0 saturated heterocycles. The zero-order chi connectivity index (χ0) is 24.0. The number of urea groups is 1. The molecular formula is C24H24N4O4S. The van der Waals surface area contributed by atoms with Gasteiger partial charge in [0.2, 0.25) is 0 Å². The normalized spacial score (nSPS) is 14.7. The van der Waals surface area contributed by atoms with Crippen LogP contribution in [0.3, 0.4) is 0 Å². The maximum absolute atomic E-state index is 12.9. The minimum Gasteiger partial charge on any atom is -0.386 e. The quantitative estimate of drug-likeness (QED) is 0.634. The highest BCUT2D eigenvalue weighted by atomic mass is 32.2. The number of carbonyl (C=O) groups is 1. The van der Waals surface area contributed by atoms with Crippen LogP contribution in [0.1, 0.15) is 65.6 Å². The van der Waals surface area contributed by atoms with E-state index >= 15 is 0 Å². The summed E-state index contributed by atoms with van der Waals surface area (Å²) in [6.07, 6.45) is 4.73. The van der Waals surface area contributed by atoms with Gasteiger partial charge in [0.25, 0.3) is 10.0 Å². The summed E-state index contributed by atoms with van der Waals surface area (Å²) in [6.45, 7) is 2.96. The predicted octanol–water partition coefficient (Wildman–Crippen LogP) is 3.15. The highest BCUT2D eigenvalue weighted by molar-refractivity contribution is 7.90. The zero-order valence-corrected chi connectivity index (χ0v) is 19.3. The van der Waals surface area contributed by atoms with Crippen molar-refractivity contribution in [2.45, 2.75) is 62.9 Å². The molecule has 0 radical (unpaired) electrons. The van der Waals surface area contributed by atoms with E-state index in [0.29, 0.717) is 11.3 Å². The molecule has 9 heteroatoms. The molecule has 2 aliphatic carbocycles. The number of nitriles is 2. The molecule has 3 N–H and O–H groups in total. The van der Waals surface area contributed by atoms with Crippen LogP contribution < -0.4 is 10.0 Å². The van der Waals surface area contributed by atoms with E-state index < -0.39 is 21.7 Å². The van der Waals surface area contributed by atoms with Crippen LogP contribution >= 0.6 is 0 Å². The number of nitrogens with zero attached hydrogens (tertiary/aromatic N) is 2. The summed E-state index contributed by atoms with van der Waals surface area (Å²) in [7, 11) is -4.31. The Bertz CT molecular complexity index is 1320. The Morgan fingerprint density at radius 3 is 2.06 bits per heavy atom. The Morgan fingerprint density at radius 2 is 1.55 bits per heavy atom. The molecule has 33 heavy (non-hydrogen) atoms. The number of rotatable bonds is 4. The van der Waals surface area contributed by atoms with Crippen LogP contribution in [-0.2, 0) is 41.3 Å². The molecule has 2 aromatic carbocycles. The summed E-state index contributed by atoms with van der Waals surface area (Å²) in [5.41, 5.74) is 3.98. The standard InChI is InChI=1S/C24H24N4O4S/c1-24(2,30)15-9-14(12-25)10-16(11-15)33(31,32)28-23(29)27-22-19-7-3-5-17(19)21(13-26)18-6-4-8-20(18)22/h9-11,30H,3-8H2,1-2H3,(H2,27,28,29). The van der Waals surface area contributed by atoms with Gasteiger partial charge in [0, 0.05) is 5.69 Å². The molecular weight excluding hydrogens is 440 g/mol. The first-order valence-electron chi connectivity index (χ1n) is 10.8. The molecule has 0 spiro atoms. The molecule has 0 atom stereocenters. The summed E-state index contributed by atoms with van der Waals surface area (Å²) < 4.78 is 27.9. The molecule has 2 aromatic rings. The molecule has 2 amide bonds. The molecule has 0 fully saturated rings. The highest BCUT2D eigenvalue weighted by Crippen LogP contribution is 2.41. The first-order valence-corrected chi connectivity index (χ1v) is 12.2. The second kappa shape index (κ2) is 8.18. The lowest BCUT2D eigenvalue weighted by atomic mass is 9.93. The Labute approximate surface area is 192 Å². The van der Waals surface area contributed by atoms with Gasteiger partial charge in [0.15, 0.2) is 0 Å². The molecule has 0 aliphatic heterocycles. The van der Waals surface area contributed by atoms with Gasteiger partial charge in [-0.3, -0.25) is 0 Å². The van der Waals surface area contributed by atoms with Crippen LogP contribution in [0.2, 0.25) is 0 Å². The number of anilines is 1. The van der Waals surface area contributed by atoms with E-state index in [-0.39, 0.29) is 16.0 Å². The lowest BCUT2D eigenvalue weighted by Crippen LogP contribution is -2.35. The molecule has 0 unspecified atom stereocenters. The van der Waals surface area contributed by atoms with Crippen LogP contribution in [0, 0.1) is 22.7 Å². The first kappa shape index (κ1) is 22.8. The van der Waals surface area contributed by atoms with Gasteiger partial charge in [-0.15, -0.1) is 0 Å². The van der Waals surface area contributed by atoms with E-state index in [1.54, 1.807) is 0 Å². The third kappa shape index (κ3) is 4.18. The predicted molar refractivity (Wildman–Crippen MR) is 121 cm³/mol. The van der Waals surface area contributed by atoms with Crippen LogP contribution in [0.4, 0.5) is 10.5 Å². The minimum atomic E-state index is -4.31. The van der Waals surface area contributed by atoms with Crippen molar-refractivity contribution < 1.29 is 18.3 Å². The van der Waals surface area contributed by atoms with E-state index in [2.05, 4.69) is 11.4 Å². The van der Waals surface area contributed by atoms with Crippen molar-refractivity contribution in [3.63, 3.8) is 0 Å². The number of hydrogen-bond donors (Lipinski definition) is 3. The molecule has 4 rings (SSSR count). The molecule has 0 heterocycles. The van der Waals surface area contributed by atoms with E-state index in [1.807, 2.05) is 10.8 Å². The summed E-state index contributed by atoms with van der Waals surface area (Å²) in [6, 6.07) is 7.10. The molecule has 0 bridgehead atoms. The average molecular weight is 465 g/mol. The highest BCUT2D eigenvalue weighted by Gasteiger charge is 2.30. The maximum atomic E-state index is 12.9. The first-order chi connectivity index (χ1) is 15.5. The van der Waals surface area contributed by atoms with Crippen molar-refractivity contribution in [2.75, 3.05) is 5.32 Å². The van der Waals surface area contributed by atoms with Gasteiger partial charge in [-0.1, -0.05) is 0 Å². The second-order valence-corrected chi connectivity index (χ2v) is 10.6. The number of hydrogen-bond acceptors (Lipinski definition) is 6. The summed E-state index contributed by atoms with van der Waals surface area (Å²) in [5, 5.41) is 31.9. The lowest BCUT2D eigenvalue weighted by molar-refractivity contribution is 0.0783. The molecule has 0 aromatic heterocycles. The monoisotopic (exact) mass is 464 g/mol. The van der Waals surface area contributed by atoms with Gasteiger partial charge < -0.3 is 10.4 Å². The van der Waals surface area contributed by atoms with Crippen LogP contribution in [-0.4, -0.2) is 19.6 Å². The van der Waals surface area contributed by atoms with Crippen molar-refractivity contribution >= 4 is 21.7 Å². The van der Waals surface area contributed by atoms with Crippen molar-refractivity contribution in [3.8, 4) is 12.1 Å². The van der Waals surface area contributed by atoms with Crippen molar-refractivity contribution in [1.82, 2.24) is 4.72 Å². The second-order valence-electron chi connectivity index (χ2n) is 8.96. The SMILES string of the molecule is CC(C)(O)c1cc(C#N)cc(S(=O)(=O)NC(=O)Nc2c3c(c(C#N)c4c2CCC4)CCC3)c1. The third-order valence-electron chi connectivity index (χ3n) is 6.27. The molecule has 170 valence electrons. The van der Waals surface area contributed by atoms with E-state index in [9.17, 15) is 28.8 Å². The van der Waals surface area contributed by atoms with Crippen LogP contribution in [0.5, 0.6) is 0 Å². The van der Waals surface area contributed by atoms with Crippen molar-refractivity contribution in [2.24, 2.45) is 0 Å². The van der Waals surface area contributed by atoms with Gasteiger partial charge >= 0.3 is 6.03 Å². The Hall–Kier alpha value is -3.40. The fourth-order valence-corrected chi connectivity index (χ4v) is 5.71. The Kier molecular flexibility index (Phi) is 5.65. The molecule has 2 aliphatic rings. The Morgan fingerprint density at radius 1 is 0.970 bits per heavy atom. The number of fused-ring (bicyclic) bond motifs is 2.